The van der Waals surface area contributed by atoms with Crippen LogP contribution in [-0.2, 0) is 9.47 Å². The minimum Gasteiger partial charge on any atom is -0.441 e. The average molecular weight is 346 g/mol. The van der Waals surface area contributed by atoms with Gasteiger partial charge in [-0.1, -0.05) is 0 Å². The monoisotopic (exact) mass is 346 g/mol. The number of pyridine rings is 1. The van der Waals surface area contributed by atoms with Crippen molar-refractivity contribution in [3.63, 3.8) is 0 Å². The molecule has 0 aliphatic carbocycles. The lowest BCUT2D eigenvalue weighted by Crippen LogP contribution is -2.42. The summed E-state index contributed by atoms with van der Waals surface area (Å²) in [6.45, 7) is 1.15. The van der Waals surface area contributed by atoms with Crippen molar-refractivity contribution >= 4 is 34.5 Å². The molecular weight excluding hydrogens is 335 g/mol. The van der Waals surface area contributed by atoms with E-state index in [1.165, 1.54) is 0 Å². The average Bonchev–Trinajstić information content (AvgIpc) is 2.66. The molecule has 0 aromatic carbocycles. The van der Waals surface area contributed by atoms with E-state index < -0.39 is 0 Å². The first-order chi connectivity index (χ1) is 8.25. The van der Waals surface area contributed by atoms with Crippen LogP contribution >= 0.6 is 22.6 Å². The molecule has 3 heterocycles. The molecule has 17 heavy (non-hydrogen) atoms. The highest BCUT2D eigenvalue weighted by molar-refractivity contribution is 14.1. The summed E-state index contributed by atoms with van der Waals surface area (Å²) >= 11 is 2.18. The molecule has 2 aliphatic heterocycles. The van der Waals surface area contributed by atoms with Crippen molar-refractivity contribution in [3.05, 3.63) is 21.9 Å². The maximum Gasteiger partial charge on any atom is 0.416 e. The number of fused-ring (bicyclic) bond motifs is 1. The molecule has 2 unspecified atom stereocenters. The van der Waals surface area contributed by atoms with Crippen LogP contribution in [0.25, 0.3) is 0 Å². The largest absolute Gasteiger partial charge is 0.441 e. The van der Waals surface area contributed by atoms with E-state index >= 15 is 0 Å². The Morgan fingerprint density at radius 3 is 3.12 bits per heavy atom. The van der Waals surface area contributed by atoms with Crippen LogP contribution in [0.4, 0.5) is 10.6 Å². The van der Waals surface area contributed by atoms with E-state index in [-0.39, 0.29) is 18.2 Å². The number of halogens is 1. The summed E-state index contributed by atoms with van der Waals surface area (Å²) in [4.78, 5) is 17.8. The van der Waals surface area contributed by atoms with Crippen molar-refractivity contribution in [2.75, 3.05) is 18.1 Å². The molecule has 2 saturated heterocycles. The third-order valence-corrected chi connectivity index (χ3v) is 3.65. The van der Waals surface area contributed by atoms with Gasteiger partial charge in [-0.15, -0.1) is 0 Å². The number of ether oxygens (including phenoxy) is 2. The van der Waals surface area contributed by atoms with Crippen LogP contribution < -0.4 is 4.90 Å². The molecule has 0 radical (unpaired) electrons. The van der Waals surface area contributed by atoms with Crippen molar-refractivity contribution in [2.45, 2.75) is 18.6 Å². The molecule has 6 heteroatoms. The molecule has 0 N–H and O–H groups in total. The molecule has 5 nitrogen and oxygen atoms in total. The molecule has 2 fully saturated rings. The normalized spacial score (nSPS) is 27.8. The Morgan fingerprint density at radius 1 is 1.47 bits per heavy atom. The van der Waals surface area contributed by atoms with Crippen LogP contribution in [-0.4, -0.2) is 36.4 Å². The number of hydrogen-bond acceptors (Lipinski definition) is 4. The molecule has 0 saturated carbocycles. The van der Waals surface area contributed by atoms with Gasteiger partial charge in [0, 0.05) is 16.4 Å². The smallest absolute Gasteiger partial charge is 0.416 e. The van der Waals surface area contributed by atoms with Crippen LogP contribution in [0.1, 0.15) is 6.42 Å². The molecule has 3 rings (SSSR count). The number of anilines is 1. The van der Waals surface area contributed by atoms with Crippen LogP contribution in [0.5, 0.6) is 0 Å². The highest BCUT2D eigenvalue weighted by atomic mass is 127. The molecule has 1 aromatic heterocycles. The van der Waals surface area contributed by atoms with Crippen LogP contribution in [0.15, 0.2) is 18.3 Å². The van der Waals surface area contributed by atoms with E-state index in [0.29, 0.717) is 19.0 Å². The molecule has 90 valence electrons. The van der Waals surface area contributed by atoms with Gasteiger partial charge in [-0.3, -0.25) is 4.90 Å². The van der Waals surface area contributed by atoms with Gasteiger partial charge in [0.15, 0.2) is 0 Å². The molecule has 1 aromatic rings. The minimum absolute atomic E-state index is 0.0591. The maximum absolute atomic E-state index is 11.8. The summed E-state index contributed by atoms with van der Waals surface area (Å²) in [5.41, 5.74) is 0. The maximum atomic E-state index is 11.8. The van der Waals surface area contributed by atoms with Gasteiger partial charge >= 0.3 is 6.09 Å². The lowest BCUT2D eigenvalue weighted by molar-refractivity contribution is 0.000131. The van der Waals surface area contributed by atoms with Gasteiger partial charge in [-0.2, -0.15) is 0 Å². The fourth-order valence-corrected chi connectivity index (χ4v) is 2.52. The first-order valence-electron chi connectivity index (χ1n) is 5.45. The van der Waals surface area contributed by atoms with Gasteiger partial charge in [-0.05, 0) is 41.1 Å². The van der Waals surface area contributed by atoms with Gasteiger partial charge in [0.05, 0.1) is 12.6 Å². The van der Waals surface area contributed by atoms with E-state index in [4.69, 9.17) is 9.47 Å². The highest BCUT2D eigenvalue weighted by Crippen LogP contribution is 2.29. The van der Waals surface area contributed by atoms with Crippen molar-refractivity contribution in [1.29, 1.82) is 0 Å². The highest BCUT2D eigenvalue weighted by Gasteiger charge is 2.44. The number of aromatic nitrogens is 1. The van der Waals surface area contributed by atoms with E-state index in [2.05, 4.69) is 27.6 Å². The Morgan fingerprint density at radius 2 is 2.35 bits per heavy atom. The minimum atomic E-state index is -0.320. The second-order valence-corrected chi connectivity index (χ2v) is 5.30. The van der Waals surface area contributed by atoms with Gasteiger partial charge in [0.1, 0.15) is 11.9 Å². The Balaban J connectivity index is 1.90. The zero-order valence-electron chi connectivity index (χ0n) is 9.01. The van der Waals surface area contributed by atoms with Gasteiger partial charge < -0.3 is 9.47 Å². The van der Waals surface area contributed by atoms with Gasteiger partial charge in [0.2, 0.25) is 0 Å². The van der Waals surface area contributed by atoms with E-state index in [1.807, 2.05) is 12.1 Å². The fourth-order valence-electron chi connectivity index (χ4n) is 2.20. The molecule has 2 aliphatic rings. The number of nitrogens with zero attached hydrogens (tertiary/aromatic N) is 2. The number of amides is 1. The van der Waals surface area contributed by atoms with E-state index in [0.717, 1.165) is 9.99 Å². The number of hydrogen-bond donors (Lipinski definition) is 0. The lowest BCUT2D eigenvalue weighted by Gasteiger charge is -2.27. The molecule has 0 spiro atoms. The number of carbonyl (C=O) groups is 1. The van der Waals surface area contributed by atoms with E-state index in [9.17, 15) is 4.79 Å². The van der Waals surface area contributed by atoms with Crippen molar-refractivity contribution in [1.82, 2.24) is 4.98 Å². The fraction of sp³-hybridized carbons (Fsp3) is 0.455. The zero-order chi connectivity index (χ0) is 11.8. The summed E-state index contributed by atoms with van der Waals surface area (Å²) in [7, 11) is 0. The summed E-state index contributed by atoms with van der Waals surface area (Å²) in [5.74, 6) is 0.657. The third-order valence-electron chi connectivity index (χ3n) is 3.01. The first-order valence-corrected chi connectivity index (χ1v) is 6.53. The van der Waals surface area contributed by atoms with Gasteiger partial charge in [0.25, 0.3) is 0 Å². The number of rotatable bonds is 1. The predicted octanol–water partition coefficient (Wildman–Crippen LogP) is 1.80. The molecule has 2 atom stereocenters. The SMILES string of the molecule is O=C1OC2COCCC2N1c1ccc(I)cn1. The Bertz CT molecular complexity index is 437. The first kappa shape index (κ1) is 11.2. The van der Waals surface area contributed by atoms with Crippen molar-refractivity contribution in [3.8, 4) is 0 Å². The second-order valence-electron chi connectivity index (χ2n) is 4.06. The summed E-state index contributed by atoms with van der Waals surface area (Å²) in [6, 6.07) is 3.84. The zero-order valence-corrected chi connectivity index (χ0v) is 11.2. The standard InChI is InChI=1S/C11H11IN2O3/c12-7-1-2-10(13-5-7)14-8-3-4-16-6-9(8)17-11(14)15/h1-2,5,8-9H,3-4,6H2. The predicted molar refractivity (Wildman–Crippen MR) is 68.9 cm³/mol. The summed E-state index contributed by atoms with van der Waals surface area (Å²) in [6.07, 6.45) is 2.07. The van der Waals surface area contributed by atoms with Crippen LogP contribution in [0.3, 0.4) is 0 Å². The topological polar surface area (TPSA) is 51.7 Å². The van der Waals surface area contributed by atoms with Crippen molar-refractivity contribution in [2.24, 2.45) is 0 Å². The molecule has 0 bridgehead atoms. The summed E-state index contributed by atoms with van der Waals surface area (Å²) in [5, 5.41) is 0. The lowest BCUT2D eigenvalue weighted by atomic mass is 10.1. The van der Waals surface area contributed by atoms with Crippen molar-refractivity contribution < 1.29 is 14.3 Å². The molecule has 1 amide bonds. The Labute approximate surface area is 112 Å². The summed E-state index contributed by atoms with van der Waals surface area (Å²) < 4.78 is 11.6. The quantitative estimate of drug-likeness (QED) is 0.728. The van der Waals surface area contributed by atoms with E-state index in [1.54, 1.807) is 11.1 Å². The van der Waals surface area contributed by atoms with Gasteiger partial charge in [-0.25, -0.2) is 9.78 Å². The van der Waals surface area contributed by atoms with Crippen LogP contribution in [0, 0.1) is 3.57 Å². The Hall–Kier alpha value is -0.890. The van der Waals surface area contributed by atoms with Crippen LogP contribution in [0.2, 0.25) is 0 Å². The number of carbonyl (C=O) groups excluding carboxylic acids is 1. The Kier molecular flexibility index (Phi) is 2.91. The third kappa shape index (κ3) is 1.99. The second kappa shape index (κ2) is 4.41. The molecular formula is C11H11IN2O3.